The van der Waals surface area contributed by atoms with Gasteiger partial charge in [0.05, 0.1) is 35.5 Å². The number of carbonyl (C=O) groups is 2. The van der Waals surface area contributed by atoms with Crippen LogP contribution in [0.4, 0.5) is 10.1 Å². The Labute approximate surface area is 207 Å². The first-order chi connectivity index (χ1) is 16.4. The number of esters is 1. The highest BCUT2D eigenvalue weighted by Crippen LogP contribution is 2.35. The van der Waals surface area contributed by atoms with Crippen molar-refractivity contribution in [2.45, 2.75) is 32.7 Å². The third-order valence-electron chi connectivity index (χ3n) is 5.21. The molecule has 0 saturated carbocycles. The highest BCUT2D eigenvalue weighted by molar-refractivity contribution is 6.34. The van der Waals surface area contributed by atoms with E-state index in [1.165, 1.54) is 12.1 Å². The first-order valence-electron chi connectivity index (χ1n) is 10.9. The van der Waals surface area contributed by atoms with Crippen molar-refractivity contribution in [2.24, 2.45) is 0 Å². The van der Waals surface area contributed by atoms with E-state index in [0.717, 1.165) is 19.1 Å². The molecule has 34 heavy (non-hydrogen) atoms. The Kier molecular flexibility index (Phi) is 9.12. The first-order valence-corrected chi connectivity index (χ1v) is 11.7. The lowest BCUT2D eigenvalue weighted by Gasteiger charge is -2.28. The van der Waals surface area contributed by atoms with Crippen LogP contribution in [-0.2, 0) is 14.3 Å². The van der Waals surface area contributed by atoms with E-state index >= 15 is 4.39 Å². The van der Waals surface area contributed by atoms with Crippen LogP contribution in [0.3, 0.4) is 0 Å². The second-order valence-corrected chi connectivity index (χ2v) is 8.23. The van der Waals surface area contributed by atoms with Gasteiger partial charge in [-0.25, -0.2) is 14.2 Å². The van der Waals surface area contributed by atoms with Crippen molar-refractivity contribution in [1.82, 2.24) is 4.98 Å². The van der Waals surface area contributed by atoms with E-state index in [9.17, 15) is 9.59 Å². The molecular formula is C24H25Cl2FN2O5. The molecule has 10 heteroatoms. The van der Waals surface area contributed by atoms with Crippen LogP contribution < -0.4 is 9.64 Å². The lowest BCUT2D eigenvalue weighted by molar-refractivity contribution is -0.138. The molecule has 2 heterocycles. The lowest BCUT2D eigenvalue weighted by Crippen LogP contribution is -2.34. The van der Waals surface area contributed by atoms with Gasteiger partial charge in [-0.05, 0) is 51.0 Å². The quantitative estimate of drug-likeness (QED) is 0.108. The Morgan fingerprint density at radius 1 is 1.24 bits per heavy atom. The normalized spacial score (nSPS) is 15.9. The molecule has 0 radical (unpaired) electrons. The minimum atomic E-state index is -0.898. The van der Waals surface area contributed by atoms with E-state index in [2.05, 4.69) is 4.98 Å². The molecule has 1 aromatic carbocycles. The zero-order valence-corrected chi connectivity index (χ0v) is 20.4. The maximum absolute atomic E-state index is 15.1. The highest BCUT2D eigenvalue weighted by Gasteiger charge is 2.30. The largest absolute Gasteiger partial charge is 0.500 e. The Bertz CT molecular complexity index is 1080. The van der Waals surface area contributed by atoms with Crippen molar-refractivity contribution in [2.75, 3.05) is 31.3 Å². The molecule has 7 nitrogen and oxygen atoms in total. The SMILES string of the molecule is CCO/C=C(\C(=O)OCC)C(=O)c1cc(Cl)c(N2CCC[C@@H]2COc2ncccc2Cl)cc1F. The average molecular weight is 511 g/mol. The van der Waals surface area contributed by atoms with Crippen molar-refractivity contribution >= 4 is 40.6 Å². The monoisotopic (exact) mass is 510 g/mol. The summed E-state index contributed by atoms with van der Waals surface area (Å²) in [4.78, 5) is 31.2. The molecule has 0 amide bonds. The summed E-state index contributed by atoms with van der Waals surface area (Å²) in [5, 5.41) is 0.573. The predicted octanol–water partition coefficient (Wildman–Crippen LogP) is 5.24. The summed E-state index contributed by atoms with van der Waals surface area (Å²) in [5.41, 5.74) is -0.327. The Hall–Kier alpha value is -2.84. The fraction of sp³-hybridized carbons (Fsp3) is 0.375. The number of anilines is 1. The number of ketones is 1. The van der Waals surface area contributed by atoms with Gasteiger partial charge in [0, 0.05) is 12.7 Å². The number of hydrogen-bond donors (Lipinski definition) is 0. The van der Waals surface area contributed by atoms with E-state index in [1.807, 2.05) is 4.90 Å². The minimum Gasteiger partial charge on any atom is -0.500 e. The van der Waals surface area contributed by atoms with E-state index in [0.29, 0.717) is 23.1 Å². The summed E-state index contributed by atoms with van der Waals surface area (Å²) >= 11 is 12.6. The fourth-order valence-electron chi connectivity index (χ4n) is 3.62. The summed E-state index contributed by atoms with van der Waals surface area (Å²) in [7, 11) is 0. The maximum atomic E-state index is 15.1. The van der Waals surface area contributed by atoms with Crippen LogP contribution in [0.5, 0.6) is 5.88 Å². The molecule has 3 rings (SSSR count). The van der Waals surface area contributed by atoms with E-state index in [4.69, 9.17) is 37.4 Å². The van der Waals surface area contributed by atoms with Gasteiger partial charge in [0.1, 0.15) is 29.3 Å². The van der Waals surface area contributed by atoms with Gasteiger partial charge in [-0.3, -0.25) is 4.79 Å². The Balaban J connectivity index is 1.83. The highest BCUT2D eigenvalue weighted by atomic mass is 35.5. The zero-order chi connectivity index (χ0) is 24.7. The van der Waals surface area contributed by atoms with Crippen LogP contribution in [-0.4, -0.2) is 49.1 Å². The summed E-state index contributed by atoms with van der Waals surface area (Å²) in [5.74, 6) is -2.26. The van der Waals surface area contributed by atoms with Crippen LogP contribution >= 0.6 is 23.2 Å². The maximum Gasteiger partial charge on any atom is 0.345 e. The molecule has 182 valence electrons. The molecule has 2 aromatic rings. The van der Waals surface area contributed by atoms with Crippen molar-refractivity contribution in [3.63, 3.8) is 0 Å². The number of nitrogens with zero attached hydrogens (tertiary/aromatic N) is 2. The van der Waals surface area contributed by atoms with Crippen molar-refractivity contribution < 1.29 is 28.2 Å². The fourth-order valence-corrected chi connectivity index (χ4v) is 4.07. The molecule has 1 saturated heterocycles. The van der Waals surface area contributed by atoms with Crippen LogP contribution in [0, 0.1) is 5.82 Å². The topological polar surface area (TPSA) is 78.0 Å². The number of halogens is 3. The summed E-state index contributed by atoms with van der Waals surface area (Å²) in [6.45, 7) is 4.48. The number of carbonyl (C=O) groups excluding carboxylic acids is 2. The number of rotatable bonds is 10. The van der Waals surface area contributed by atoms with Gasteiger partial charge < -0.3 is 19.1 Å². The molecule has 0 unspecified atom stereocenters. The zero-order valence-electron chi connectivity index (χ0n) is 18.9. The van der Waals surface area contributed by atoms with Gasteiger partial charge in [0.15, 0.2) is 0 Å². The summed E-state index contributed by atoms with van der Waals surface area (Å²) in [6, 6.07) is 5.72. The Morgan fingerprint density at radius 2 is 2.03 bits per heavy atom. The number of Topliss-reactive ketones (excluding diaryl/α,β-unsaturated/α-hetero) is 1. The third kappa shape index (κ3) is 5.98. The van der Waals surface area contributed by atoms with Gasteiger partial charge in [-0.15, -0.1) is 0 Å². The van der Waals surface area contributed by atoms with Crippen LogP contribution in [0.25, 0.3) is 0 Å². The van der Waals surface area contributed by atoms with Crippen LogP contribution in [0.15, 0.2) is 42.3 Å². The molecule has 1 aliphatic rings. The number of pyridine rings is 1. The van der Waals surface area contributed by atoms with Gasteiger partial charge in [-0.2, -0.15) is 0 Å². The first kappa shape index (κ1) is 25.8. The predicted molar refractivity (Wildman–Crippen MR) is 127 cm³/mol. The molecule has 1 fully saturated rings. The Morgan fingerprint density at radius 3 is 2.74 bits per heavy atom. The van der Waals surface area contributed by atoms with E-state index in [-0.39, 0.29) is 36.4 Å². The molecule has 0 spiro atoms. The molecule has 1 aliphatic heterocycles. The average Bonchev–Trinajstić information content (AvgIpc) is 3.28. The third-order valence-corrected chi connectivity index (χ3v) is 5.80. The van der Waals surface area contributed by atoms with Gasteiger partial charge >= 0.3 is 5.97 Å². The van der Waals surface area contributed by atoms with Crippen molar-refractivity contribution in [3.05, 3.63) is 63.7 Å². The smallest absolute Gasteiger partial charge is 0.345 e. The van der Waals surface area contributed by atoms with Crippen molar-refractivity contribution in [3.8, 4) is 5.88 Å². The number of hydrogen-bond acceptors (Lipinski definition) is 7. The lowest BCUT2D eigenvalue weighted by atomic mass is 10.0. The second-order valence-electron chi connectivity index (χ2n) is 7.41. The molecule has 0 aliphatic carbocycles. The van der Waals surface area contributed by atoms with Crippen molar-refractivity contribution in [1.29, 1.82) is 0 Å². The standard InChI is InChI=1S/C24H25Cl2FN2O5/c1-3-32-14-17(24(31)33-4-2)22(30)16-11-19(26)21(12-20(16)27)29-10-6-7-15(29)13-34-23-18(25)8-5-9-28-23/h5,8-9,11-12,14-15H,3-4,6-7,10,13H2,1-2H3/b17-14-/t15-/m1/s1. The van der Waals surface area contributed by atoms with E-state index < -0.39 is 23.1 Å². The minimum absolute atomic E-state index is 0.0554. The second kappa shape index (κ2) is 12.0. The van der Waals surface area contributed by atoms with Gasteiger partial charge in [-0.1, -0.05) is 23.2 Å². The number of aromatic nitrogens is 1. The molecule has 1 aromatic heterocycles. The van der Waals surface area contributed by atoms with Gasteiger partial charge in [0.2, 0.25) is 11.7 Å². The summed E-state index contributed by atoms with van der Waals surface area (Å²) < 4.78 is 30.9. The van der Waals surface area contributed by atoms with E-state index in [1.54, 1.807) is 32.2 Å². The van der Waals surface area contributed by atoms with Crippen LogP contribution in [0.1, 0.15) is 37.0 Å². The molecule has 0 bridgehead atoms. The molecule has 0 N–H and O–H groups in total. The van der Waals surface area contributed by atoms with Gasteiger partial charge in [0.25, 0.3) is 0 Å². The summed E-state index contributed by atoms with van der Waals surface area (Å²) in [6.07, 6.45) is 4.22. The van der Waals surface area contributed by atoms with Crippen LogP contribution in [0.2, 0.25) is 10.0 Å². The molecule has 1 atom stereocenters. The number of benzene rings is 1. The number of ether oxygens (including phenoxy) is 3. The molecular weight excluding hydrogens is 486 g/mol.